The number of rotatable bonds is 5. The van der Waals surface area contributed by atoms with Crippen molar-refractivity contribution >= 4 is 23.2 Å². The molecule has 4 nitrogen and oxygen atoms in total. The van der Waals surface area contributed by atoms with Crippen molar-refractivity contribution in [2.45, 2.75) is 31.5 Å². The summed E-state index contributed by atoms with van der Waals surface area (Å²) in [6.07, 6.45) is -12.0. The summed E-state index contributed by atoms with van der Waals surface area (Å²) in [6.45, 7) is 1.36. The summed E-state index contributed by atoms with van der Waals surface area (Å²) < 4.78 is 89.1. The van der Waals surface area contributed by atoms with Crippen molar-refractivity contribution in [3.63, 3.8) is 0 Å². The van der Waals surface area contributed by atoms with E-state index in [1.807, 2.05) is 0 Å². The number of hydrogen-bond donors (Lipinski definition) is 1. The van der Waals surface area contributed by atoms with Gasteiger partial charge < -0.3 is 14.3 Å². The van der Waals surface area contributed by atoms with E-state index in [2.05, 4.69) is 4.98 Å². The molecule has 0 fully saturated rings. The lowest BCUT2D eigenvalue weighted by Gasteiger charge is -2.32. The largest absolute Gasteiger partial charge is 0.486 e. The van der Waals surface area contributed by atoms with Crippen molar-refractivity contribution in [1.82, 2.24) is 4.98 Å². The predicted molar refractivity (Wildman–Crippen MR) is 103 cm³/mol. The Kier molecular flexibility index (Phi) is 6.43. The third-order valence-electron chi connectivity index (χ3n) is 4.50. The number of hydrogen-bond acceptors (Lipinski definition) is 4. The summed E-state index contributed by atoms with van der Waals surface area (Å²) in [6, 6.07) is 8.27. The highest BCUT2D eigenvalue weighted by atomic mass is 35.5. The van der Waals surface area contributed by atoms with E-state index in [1.165, 1.54) is 0 Å². The van der Waals surface area contributed by atoms with Crippen molar-refractivity contribution in [2.24, 2.45) is 0 Å². The van der Waals surface area contributed by atoms with Gasteiger partial charge in [-0.3, -0.25) is 0 Å². The van der Waals surface area contributed by atoms with E-state index in [-0.39, 0.29) is 18.2 Å². The third kappa shape index (κ3) is 4.53. The first-order chi connectivity index (χ1) is 14.7. The van der Waals surface area contributed by atoms with Gasteiger partial charge in [-0.1, -0.05) is 35.3 Å². The molecule has 0 radical (unpaired) electrons. The van der Waals surface area contributed by atoms with Crippen LogP contribution in [-0.2, 0) is 12.2 Å². The molecule has 0 aliphatic heterocycles. The molecule has 0 saturated heterocycles. The summed E-state index contributed by atoms with van der Waals surface area (Å²) in [4.78, 5) is 4.26. The van der Waals surface area contributed by atoms with Gasteiger partial charge in [0.15, 0.2) is 0 Å². The molecule has 3 rings (SSSR count). The molecular weight excluding hydrogens is 487 g/mol. The maximum atomic E-state index is 13.0. The lowest BCUT2D eigenvalue weighted by molar-refractivity contribution is -0.376. The van der Waals surface area contributed by atoms with Crippen LogP contribution in [0.25, 0.3) is 11.5 Å². The van der Waals surface area contributed by atoms with Crippen molar-refractivity contribution in [3.05, 3.63) is 69.5 Å². The number of alkyl halides is 6. The molecule has 1 N–H and O–H groups in total. The average molecular weight is 500 g/mol. The lowest BCUT2D eigenvalue weighted by Crippen LogP contribution is -2.53. The number of ether oxygens (including phenoxy) is 1. The van der Waals surface area contributed by atoms with Crippen LogP contribution < -0.4 is 4.74 Å². The third-order valence-corrected chi connectivity index (χ3v) is 5.03. The molecule has 0 amide bonds. The van der Waals surface area contributed by atoms with Crippen LogP contribution >= 0.6 is 23.2 Å². The highest BCUT2D eigenvalue weighted by Crippen LogP contribution is 2.50. The molecule has 12 heteroatoms. The molecule has 1 heterocycles. The molecule has 0 spiro atoms. The molecule has 0 aliphatic rings. The van der Waals surface area contributed by atoms with Crippen LogP contribution in [0.3, 0.4) is 0 Å². The second-order valence-corrected chi connectivity index (χ2v) is 7.52. The molecule has 0 saturated carbocycles. The Labute approximate surface area is 187 Å². The van der Waals surface area contributed by atoms with Gasteiger partial charge in [-0.05, 0) is 37.3 Å². The van der Waals surface area contributed by atoms with Gasteiger partial charge in [-0.2, -0.15) is 26.3 Å². The summed E-state index contributed by atoms with van der Waals surface area (Å²) in [7, 11) is 0. The summed E-state index contributed by atoms with van der Waals surface area (Å²) in [5, 5.41) is 9.36. The summed E-state index contributed by atoms with van der Waals surface area (Å²) in [5.74, 6) is 0.399. The zero-order valence-corrected chi connectivity index (χ0v) is 17.5. The smallest absolute Gasteiger partial charge is 0.430 e. The van der Waals surface area contributed by atoms with Gasteiger partial charge in [0.25, 0.3) is 5.60 Å². The first kappa shape index (κ1) is 24.2. The van der Waals surface area contributed by atoms with E-state index in [9.17, 15) is 31.4 Å². The number of aliphatic hydroxyl groups is 1. The number of nitrogens with zero attached hydrogens (tertiary/aromatic N) is 1. The Morgan fingerprint density at radius 1 is 1.00 bits per heavy atom. The maximum Gasteiger partial charge on any atom is 0.430 e. The van der Waals surface area contributed by atoms with Crippen molar-refractivity contribution in [3.8, 4) is 17.2 Å². The van der Waals surface area contributed by atoms with Crippen LogP contribution in [0.4, 0.5) is 26.3 Å². The Morgan fingerprint density at radius 2 is 1.66 bits per heavy atom. The van der Waals surface area contributed by atoms with E-state index in [1.54, 1.807) is 31.2 Å². The highest BCUT2D eigenvalue weighted by Gasteiger charge is 2.71. The fraction of sp³-hybridized carbons (Fsp3) is 0.250. The Balaban J connectivity index is 1.83. The van der Waals surface area contributed by atoms with Gasteiger partial charge in [0.1, 0.15) is 23.8 Å². The normalized spacial score (nSPS) is 12.8. The summed E-state index contributed by atoms with van der Waals surface area (Å²) in [5.41, 5.74) is -5.66. The molecule has 0 aliphatic carbocycles. The van der Waals surface area contributed by atoms with E-state index in [0.29, 0.717) is 34.2 Å². The second kappa shape index (κ2) is 8.49. The maximum absolute atomic E-state index is 13.0. The minimum Gasteiger partial charge on any atom is -0.486 e. The van der Waals surface area contributed by atoms with E-state index >= 15 is 0 Å². The van der Waals surface area contributed by atoms with Crippen molar-refractivity contribution in [2.75, 3.05) is 0 Å². The van der Waals surface area contributed by atoms with Gasteiger partial charge >= 0.3 is 12.4 Å². The number of aryl methyl sites for hydroxylation is 1. The van der Waals surface area contributed by atoms with Gasteiger partial charge in [0.2, 0.25) is 5.89 Å². The van der Waals surface area contributed by atoms with Crippen LogP contribution in [0, 0.1) is 6.92 Å². The van der Waals surface area contributed by atoms with Crippen LogP contribution in [0.1, 0.15) is 17.0 Å². The molecule has 1 aromatic heterocycles. The standard InChI is InChI=1S/C20H13Cl2F6NO3/c1-10-15(29-17(32-10)11-3-2-4-13(21)7-11)9-31-16-6-5-12(8-14(16)22)18(30,19(23,24)25)20(26,27)28/h2-8,30H,9H2,1H3. The monoisotopic (exact) mass is 499 g/mol. The molecule has 0 bridgehead atoms. The number of aromatic nitrogens is 1. The van der Waals surface area contributed by atoms with E-state index in [4.69, 9.17) is 32.4 Å². The van der Waals surface area contributed by atoms with Crippen LogP contribution in [0.2, 0.25) is 10.0 Å². The van der Waals surface area contributed by atoms with Crippen LogP contribution in [-0.4, -0.2) is 22.4 Å². The molecule has 2 aromatic carbocycles. The predicted octanol–water partition coefficient (Wildman–Crippen LogP) is 6.85. The summed E-state index contributed by atoms with van der Waals surface area (Å²) >= 11 is 11.8. The fourth-order valence-corrected chi connectivity index (χ4v) is 3.21. The van der Waals surface area contributed by atoms with Crippen LogP contribution in [0.15, 0.2) is 46.9 Å². The van der Waals surface area contributed by atoms with Gasteiger partial charge in [-0.15, -0.1) is 0 Å². The molecule has 3 aromatic rings. The minimum atomic E-state index is -6.02. The van der Waals surface area contributed by atoms with Gasteiger partial charge in [-0.25, -0.2) is 4.98 Å². The zero-order chi connectivity index (χ0) is 23.9. The molecule has 0 unspecified atom stereocenters. The Bertz CT molecular complexity index is 1110. The zero-order valence-electron chi connectivity index (χ0n) is 16.0. The van der Waals surface area contributed by atoms with Crippen LogP contribution in [0.5, 0.6) is 5.75 Å². The number of oxazole rings is 1. The molecule has 32 heavy (non-hydrogen) atoms. The molecule has 0 atom stereocenters. The SMILES string of the molecule is Cc1oc(-c2cccc(Cl)c2)nc1COc1ccc(C(O)(C(F)(F)F)C(F)(F)F)cc1Cl. The molecule has 172 valence electrons. The Morgan fingerprint density at radius 3 is 2.22 bits per heavy atom. The minimum absolute atomic E-state index is 0.214. The van der Waals surface area contributed by atoms with Crippen molar-refractivity contribution in [1.29, 1.82) is 0 Å². The first-order valence-corrected chi connectivity index (χ1v) is 9.50. The highest BCUT2D eigenvalue weighted by molar-refractivity contribution is 6.32. The lowest BCUT2D eigenvalue weighted by atomic mass is 9.92. The van der Waals surface area contributed by atoms with E-state index < -0.39 is 28.5 Å². The van der Waals surface area contributed by atoms with Gasteiger partial charge in [0.05, 0.1) is 5.02 Å². The first-order valence-electron chi connectivity index (χ1n) is 8.75. The number of halogens is 8. The number of benzene rings is 2. The fourth-order valence-electron chi connectivity index (χ4n) is 2.78. The average Bonchev–Trinajstić information content (AvgIpc) is 3.05. The molecular formula is C20H13Cl2F6NO3. The Hall–Kier alpha value is -2.43. The van der Waals surface area contributed by atoms with Gasteiger partial charge in [0, 0.05) is 16.1 Å². The second-order valence-electron chi connectivity index (χ2n) is 6.67. The quantitative estimate of drug-likeness (QED) is 0.390. The van der Waals surface area contributed by atoms with E-state index in [0.717, 1.165) is 6.07 Å². The topological polar surface area (TPSA) is 55.5 Å². The van der Waals surface area contributed by atoms with Crippen molar-refractivity contribution < 1.29 is 40.6 Å².